The maximum absolute atomic E-state index is 11.3. The van der Waals surface area contributed by atoms with Crippen LogP contribution in [0.25, 0.3) is 43.6 Å². The fourth-order valence-electron chi connectivity index (χ4n) is 7.70. The number of aromatic nitrogens is 2. The average molecular weight is 979 g/mol. The highest BCUT2D eigenvalue weighted by molar-refractivity contribution is 6.24. The van der Waals surface area contributed by atoms with E-state index in [0.717, 1.165) is 124 Å². The predicted octanol–water partition coefficient (Wildman–Crippen LogP) is 11.4. The highest BCUT2D eigenvalue weighted by atomic mass is 16.6. The largest absolute Gasteiger partial charge is 0.494 e. The normalized spacial score (nSPS) is 10.7. The summed E-state index contributed by atoms with van der Waals surface area (Å²) in [5.41, 5.74) is 6.21. The van der Waals surface area contributed by atoms with E-state index < -0.39 is 5.97 Å². The van der Waals surface area contributed by atoms with Gasteiger partial charge in [-0.25, -0.2) is 24.4 Å². The van der Waals surface area contributed by atoms with E-state index in [1.165, 1.54) is 12.2 Å². The summed E-state index contributed by atoms with van der Waals surface area (Å²) >= 11 is 0. The van der Waals surface area contributed by atoms with E-state index in [2.05, 4.69) is 67.7 Å². The van der Waals surface area contributed by atoms with Crippen molar-refractivity contribution in [1.29, 1.82) is 0 Å². The van der Waals surface area contributed by atoms with Gasteiger partial charge in [-0.1, -0.05) is 55.6 Å². The molecule has 0 aliphatic heterocycles. The van der Waals surface area contributed by atoms with Crippen molar-refractivity contribution in [2.24, 2.45) is 0 Å². The van der Waals surface area contributed by atoms with E-state index in [-0.39, 0.29) is 31.8 Å². The van der Waals surface area contributed by atoms with Gasteiger partial charge < -0.3 is 33.2 Å². The monoisotopic (exact) mass is 978 g/mol. The van der Waals surface area contributed by atoms with E-state index in [1.54, 1.807) is 0 Å². The SMILES string of the molecule is C=CC(=O)OCCCCCCOc1ccc(C#Cc2ccc3c4ccc(C#Cc5ccc(OCCCCCCOC(=O)C=C)cc5)cc4c4nc5cc(OCCOCCOC(=O)C=C)ccc5nc4c3c2)cc1. The van der Waals surface area contributed by atoms with Gasteiger partial charge >= 0.3 is 17.9 Å². The number of unbranched alkanes of at least 4 members (excludes halogenated alkanes) is 6. The Bertz CT molecular complexity index is 3200. The molecule has 0 N–H and O–H groups in total. The van der Waals surface area contributed by atoms with Gasteiger partial charge in [0.1, 0.15) is 30.5 Å². The first-order chi connectivity index (χ1) is 35.8. The number of rotatable bonds is 26. The number of carbonyl (C=O) groups excluding carboxylic acids is 3. The second kappa shape index (κ2) is 27.8. The molecule has 1 aromatic heterocycles. The van der Waals surface area contributed by atoms with Crippen molar-refractivity contribution in [3.63, 3.8) is 0 Å². The number of hydrogen-bond donors (Lipinski definition) is 0. The molecule has 0 radical (unpaired) electrons. The highest BCUT2D eigenvalue weighted by Crippen LogP contribution is 2.36. The maximum atomic E-state index is 11.3. The summed E-state index contributed by atoms with van der Waals surface area (Å²) in [5.74, 6) is 14.3. The Hall–Kier alpha value is -8.45. The maximum Gasteiger partial charge on any atom is 0.330 e. The lowest BCUT2D eigenvalue weighted by molar-refractivity contribution is -0.139. The lowest BCUT2D eigenvalue weighted by Gasteiger charge is -2.12. The second-order valence-corrected chi connectivity index (χ2v) is 16.7. The summed E-state index contributed by atoms with van der Waals surface area (Å²) in [4.78, 5) is 44.1. The first kappa shape index (κ1) is 52.4. The molecule has 0 saturated carbocycles. The minimum absolute atomic E-state index is 0.131. The molecule has 0 fully saturated rings. The van der Waals surface area contributed by atoms with Crippen LogP contribution in [0.4, 0.5) is 0 Å². The van der Waals surface area contributed by atoms with Crippen molar-refractivity contribution >= 4 is 61.5 Å². The number of benzene rings is 6. The molecule has 0 bridgehead atoms. The van der Waals surface area contributed by atoms with Crippen LogP contribution in [0.1, 0.15) is 73.6 Å². The Morgan fingerprint density at radius 3 is 1.27 bits per heavy atom. The zero-order valence-electron chi connectivity index (χ0n) is 41.0. The van der Waals surface area contributed by atoms with E-state index in [0.29, 0.717) is 49.8 Å². The molecule has 6 aromatic carbocycles. The minimum atomic E-state index is -0.493. The van der Waals surface area contributed by atoms with Gasteiger partial charge in [-0.3, -0.25) is 0 Å². The predicted molar refractivity (Wildman–Crippen MR) is 285 cm³/mol. The van der Waals surface area contributed by atoms with Crippen LogP contribution < -0.4 is 14.2 Å². The van der Waals surface area contributed by atoms with Crippen molar-refractivity contribution in [3.05, 3.63) is 163 Å². The summed E-state index contributed by atoms with van der Waals surface area (Å²) < 4.78 is 38.5. The lowest BCUT2D eigenvalue weighted by atomic mass is 9.96. The molecular weight excluding hydrogens is 921 g/mol. The number of nitrogens with zero attached hydrogens (tertiary/aromatic N) is 2. The number of hydrogen-bond acceptors (Lipinski definition) is 12. The third-order valence-electron chi connectivity index (χ3n) is 11.5. The molecule has 12 nitrogen and oxygen atoms in total. The molecule has 0 aliphatic carbocycles. The molecule has 0 aliphatic rings. The zero-order chi connectivity index (χ0) is 51.0. The number of esters is 3. The molecule has 0 spiro atoms. The summed E-state index contributed by atoms with van der Waals surface area (Å²) in [6.07, 6.45) is 10.8. The number of ether oxygens (including phenoxy) is 7. The summed E-state index contributed by atoms with van der Waals surface area (Å²) in [6, 6.07) is 33.6. The van der Waals surface area contributed by atoms with E-state index >= 15 is 0 Å². The third-order valence-corrected chi connectivity index (χ3v) is 11.5. The Morgan fingerprint density at radius 2 is 0.781 bits per heavy atom. The van der Waals surface area contributed by atoms with Gasteiger partial charge in [-0.15, -0.1) is 0 Å². The third kappa shape index (κ3) is 16.0. The molecule has 0 atom stereocenters. The number of carbonyl (C=O) groups is 3. The molecule has 0 amide bonds. The molecule has 0 saturated heterocycles. The molecule has 12 heteroatoms. The van der Waals surface area contributed by atoms with Gasteiger partial charge in [0.15, 0.2) is 0 Å². The second-order valence-electron chi connectivity index (χ2n) is 16.7. The van der Waals surface area contributed by atoms with Crippen LogP contribution in [0, 0.1) is 23.7 Å². The first-order valence-corrected chi connectivity index (χ1v) is 24.5. The summed E-state index contributed by atoms with van der Waals surface area (Å²) in [6.45, 7) is 13.2. The molecule has 7 aromatic rings. The first-order valence-electron chi connectivity index (χ1n) is 24.5. The van der Waals surface area contributed by atoms with Crippen molar-refractivity contribution in [2.45, 2.75) is 51.4 Å². The van der Waals surface area contributed by atoms with Gasteiger partial charge in [0.2, 0.25) is 0 Å². The quantitative estimate of drug-likeness (QED) is 0.00970. The Labute approximate surface area is 426 Å². The van der Waals surface area contributed by atoms with Crippen LogP contribution in [0.5, 0.6) is 17.2 Å². The Kier molecular flexibility index (Phi) is 20.0. The van der Waals surface area contributed by atoms with E-state index in [4.69, 9.17) is 43.1 Å². The Balaban J connectivity index is 1.07. The van der Waals surface area contributed by atoms with Crippen LogP contribution in [0.15, 0.2) is 141 Å². The van der Waals surface area contributed by atoms with Crippen molar-refractivity contribution in [2.75, 3.05) is 52.9 Å². The van der Waals surface area contributed by atoms with Gasteiger partial charge in [0.05, 0.1) is 61.7 Å². The van der Waals surface area contributed by atoms with Crippen molar-refractivity contribution < 1.29 is 47.5 Å². The number of fused-ring (bicyclic) bond motifs is 7. The Morgan fingerprint density at radius 1 is 0.384 bits per heavy atom. The van der Waals surface area contributed by atoms with Gasteiger partial charge in [-0.2, -0.15) is 0 Å². The van der Waals surface area contributed by atoms with Crippen molar-refractivity contribution in [1.82, 2.24) is 9.97 Å². The highest BCUT2D eigenvalue weighted by Gasteiger charge is 2.15. The summed E-state index contributed by atoms with van der Waals surface area (Å²) in [5, 5.41) is 3.86. The topological polar surface area (TPSA) is 142 Å². The fraction of sp³-hybridized carbons (Fsp3) is 0.262. The lowest BCUT2D eigenvalue weighted by Crippen LogP contribution is -2.12. The fourth-order valence-corrected chi connectivity index (χ4v) is 7.70. The van der Waals surface area contributed by atoms with E-state index in [1.807, 2.05) is 78.9 Å². The molecule has 7 rings (SSSR count). The standard InChI is InChI=1S/C61H58N2O10/c1-4-57(64)71-35-13-9-7-11-33-68-48-25-19-44(20-26-48)15-17-46-23-30-51-52-31-24-47(18-16-45-21-27-49(28-22-45)69-34-12-8-10-14-36-72-58(65)5-2)42-54(52)61-60(53(51)41-46)62-55-32-29-50(43-56(55)63-61)70-39-37-67-38-40-73-59(66)6-3/h4-6,19-32,41-43H,1-3,7-14,33-40H2. The van der Waals surface area contributed by atoms with Gasteiger partial charge in [0, 0.05) is 57.3 Å². The summed E-state index contributed by atoms with van der Waals surface area (Å²) in [7, 11) is 0. The van der Waals surface area contributed by atoms with Crippen LogP contribution >= 0.6 is 0 Å². The zero-order valence-corrected chi connectivity index (χ0v) is 41.0. The van der Waals surface area contributed by atoms with Gasteiger partial charge in [0.25, 0.3) is 0 Å². The molecule has 1 heterocycles. The van der Waals surface area contributed by atoms with Crippen LogP contribution in [0.2, 0.25) is 0 Å². The molecule has 73 heavy (non-hydrogen) atoms. The average Bonchev–Trinajstić information content (AvgIpc) is 3.42. The minimum Gasteiger partial charge on any atom is -0.494 e. The van der Waals surface area contributed by atoms with Crippen LogP contribution in [-0.2, 0) is 33.3 Å². The van der Waals surface area contributed by atoms with Crippen molar-refractivity contribution in [3.8, 4) is 40.9 Å². The van der Waals surface area contributed by atoms with Crippen LogP contribution in [0.3, 0.4) is 0 Å². The molecular formula is C61H58N2O10. The van der Waals surface area contributed by atoms with Gasteiger partial charge in [-0.05, 0) is 147 Å². The van der Waals surface area contributed by atoms with Crippen LogP contribution in [-0.4, -0.2) is 80.7 Å². The molecule has 372 valence electrons. The molecule has 0 unspecified atom stereocenters. The smallest absolute Gasteiger partial charge is 0.330 e. The van der Waals surface area contributed by atoms with E-state index in [9.17, 15) is 14.4 Å².